The zero-order valence-electron chi connectivity index (χ0n) is 13.8. The highest BCUT2D eigenvalue weighted by Gasteiger charge is 2.52. The van der Waals surface area contributed by atoms with Crippen LogP contribution < -0.4 is 0 Å². The number of carbonyl (C=O) groups is 1. The monoisotopic (exact) mass is 302 g/mol. The van der Waals surface area contributed by atoms with Gasteiger partial charge >= 0.3 is 6.09 Å². The highest BCUT2D eigenvalue weighted by Crippen LogP contribution is 2.45. The molecule has 1 aliphatic heterocycles. The molecule has 1 aliphatic carbocycles. The lowest BCUT2D eigenvalue weighted by molar-refractivity contribution is -0.00238. The first-order valence-corrected chi connectivity index (χ1v) is 8.15. The van der Waals surface area contributed by atoms with Crippen LogP contribution >= 0.6 is 0 Å². The van der Waals surface area contributed by atoms with Crippen LogP contribution in [0.15, 0.2) is 30.3 Å². The van der Waals surface area contributed by atoms with E-state index in [9.17, 15) is 4.79 Å². The van der Waals surface area contributed by atoms with Gasteiger partial charge in [0, 0.05) is 31.7 Å². The van der Waals surface area contributed by atoms with Crippen LogP contribution in [0.2, 0.25) is 0 Å². The third-order valence-electron chi connectivity index (χ3n) is 4.49. The molecule has 1 amide bonds. The van der Waals surface area contributed by atoms with Gasteiger partial charge < -0.3 is 9.64 Å². The molecule has 22 heavy (non-hydrogen) atoms. The van der Waals surface area contributed by atoms with Gasteiger partial charge in [0.1, 0.15) is 5.60 Å². The third kappa shape index (κ3) is 3.43. The molecule has 0 bridgehead atoms. The van der Waals surface area contributed by atoms with Crippen molar-refractivity contribution in [3.63, 3.8) is 0 Å². The van der Waals surface area contributed by atoms with Crippen LogP contribution in [-0.4, -0.2) is 46.7 Å². The summed E-state index contributed by atoms with van der Waals surface area (Å²) in [5, 5.41) is 0. The number of ether oxygens (including phenoxy) is 1. The summed E-state index contributed by atoms with van der Waals surface area (Å²) in [4.78, 5) is 16.7. The van der Waals surface area contributed by atoms with E-state index in [-0.39, 0.29) is 11.6 Å². The molecule has 4 heteroatoms. The van der Waals surface area contributed by atoms with Crippen molar-refractivity contribution in [2.45, 2.75) is 51.3 Å². The van der Waals surface area contributed by atoms with Crippen molar-refractivity contribution in [1.29, 1.82) is 0 Å². The van der Waals surface area contributed by atoms with E-state index in [1.165, 1.54) is 18.4 Å². The van der Waals surface area contributed by atoms with E-state index in [0.29, 0.717) is 0 Å². The molecule has 120 valence electrons. The average Bonchev–Trinajstić information content (AvgIpc) is 3.21. The molecule has 3 rings (SSSR count). The number of benzene rings is 1. The predicted molar refractivity (Wildman–Crippen MR) is 86.6 cm³/mol. The zero-order valence-corrected chi connectivity index (χ0v) is 13.8. The van der Waals surface area contributed by atoms with Crippen LogP contribution in [-0.2, 0) is 11.3 Å². The third-order valence-corrected chi connectivity index (χ3v) is 4.49. The van der Waals surface area contributed by atoms with E-state index >= 15 is 0 Å². The fourth-order valence-electron chi connectivity index (χ4n) is 3.16. The summed E-state index contributed by atoms with van der Waals surface area (Å²) in [7, 11) is 0. The Morgan fingerprint density at radius 1 is 1.18 bits per heavy atom. The van der Waals surface area contributed by atoms with Gasteiger partial charge in [-0.05, 0) is 39.2 Å². The molecule has 0 atom stereocenters. The van der Waals surface area contributed by atoms with Crippen LogP contribution in [0.25, 0.3) is 0 Å². The summed E-state index contributed by atoms with van der Waals surface area (Å²) in [5.74, 6) is 0. The van der Waals surface area contributed by atoms with Crippen molar-refractivity contribution in [3.05, 3.63) is 35.9 Å². The SMILES string of the molecule is CC(C)(C)OC(=O)N1CCN(Cc2ccccc2)C2(CC2)C1. The van der Waals surface area contributed by atoms with Gasteiger partial charge in [-0.25, -0.2) is 4.79 Å². The molecule has 1 saturated heterocycles. The molecule has 1 aromatic rings. The number of piperazine rings is 1. The largest absolute Gasteiger partial charge is 0.444 e. The molecular formula is C18H26N2O2. The Balaban J connectivity index is 1.62. The first kappa shape index (κ1) is 15.3. The second-order valence-corrected chi connectivity index (χ2v) is 7.53. The Hall–Kier alpha value is -1.55. The fourth-order valence-corrected chi connectivity index (χ4v) is 3.16. The predicted octanol–water partition coefficient (Wildman–Crippen LogP) is 3.27. The molecule has 4 nitrogen and oxygen atoms in total. The summed E-state index contributed by atoms with van der Waals surface area (Å²) in [6, 6.07) is 10.6. The van der Waals surface area contributed by atoms with Gasteiger partial charge in [-0.1, -0.05) is 30.3 Å². The van der Waals surface area contributed by atoms with Crippen molar-refractivity contribution in [1.82, 2.24) is 9.80 Å². The maximum atomic E-state index is 12.3. The van der Waals surface area contributed by atoms with E-state index in [1.807, 2.05) is 25.7 Å². The standard InChI is InChI=1S/C18H26N2O2/c1-17(2,3)22-16(21)19-11-12-20(18(14-19)9-10-18)13-15-7-5-4-6-8-15/h4-8H,9-14H2,1-3H3. The smallest absolute Gasteiger partial charge is 0.410 e. The van der Waals surface area contributed by atoms with E-state index < -0.39 is 5.60 Å². The van der Waals surface area contributed by atoms with Crippen molar-refractivity contribution in [2.24, 2.45) is 0 Å². The van der Waals surface area contributed by atoms with Crippen molar-refractivity contribution in [3.8, 4) is 0 Å². The van der Waals surface area contributed by atoms with Gasteiger partial charge in [-0.2, -0.15) is 0 Å². The molecule has 0 N–H and O–H groups in total. The van der Waals surface area contributed by atoms with E-state index in [4.69, 9.17) is 4.74 Å². The van der Waals surface area contributed by atoms with E-state index in [1.54, 1.807) is 0 Å². The van der Waals surface area contributed by atoms with E-state index in [0.717, 1.165) is 26.2 Å². The Morgan fingerprint density at radius 3 is 2.45 bits per heavy atom. The second-order valence-electron chi connectivity index (χ2n) is 7.53. The number of hydrogen-bond donors (Lipinski definition) is 0. The number of amides is 1. The van der Waals surface area contributed by atoms with Crippen LogP contribution in [0.3, 0.4) is 0 Å². The first-order valence-electron chi connectivity index (χ1n) is 8.15. The van der Waals surface area contributed by atoms with Crippen LogP contribution in [0.5, 0.6) is 0 Å². The highest BCUT2D eigenvalue weighted by molar-refractivity contribution is 5.68. The summed E-state index contributed by atoms with van der Waals surface area (Å²) in [6.07, 6.45) is 2.19. The molecular weight excluding hydrogens is 276 g/mol. The van der Waals surface area contributed by atoms with Crippen LogP contribution in [0.4, 0.5) is 4.79 Å². The fraction of sp³-hybridized carbons (Fsp3) is 0.611. The Bertz CT molecular complexity index is 532. The lowest BCUT2D eigenvalue weighted by Crippen LogP contribution is -2.56. The normalized spacial score (nSPS) is 21.0. The average molecular weight is 302 g/mol. The molecule has 1 spiro atoms. The molecule has 0 radical (unpaired) electrons. The molecule has 1 saturated carbocycles. The Kier molecular flexibility index (Phi) is 3.89. The summed E-state index contributed by atoms with van der Waals surface area (Å²) in [6.45, 7) is 9.21. The maximum Gasteiger partial charge on any atom is 0.410 e. The second kappa shape index (κ2) is 5.58. The minimum absolute atomic E-state index is 0.168. The Morgan fingerprint density at radius 2 is 1.86 bits per heavy atom. The lowest BCUT2D eigenvalue weighted by Gasteiger charge is -2.42. The van der Waals surface area contributed by atoms with E-state index in [2.05, 4.69) is 35.2 Å². The van der Waals surface area contributed by atoms with Crippen LogP contribution in [0.1, 0.15) is 39.2 Å². The summed E-state index contributed by atoms with van der Waals surface area (Å²) in [5.41, 5.74) is 1.11. The zero-order chi connectivity index (χ0) is 15.8. The molecule has 0 unspecified atom stereocenters. The van der Waals surface area contributed by atoms with Gasteiger partial charge in [0.15, 0.2) is 0 Å². The quantitative estimate of drug-likeness (QED) is 0.840. The minimum atomic E-state index is -0.422. The van der Waals surface area contributed by atoms with Gasteiger partial charge in [-0.3, -0.25) is 4.90 Å². The van der Waals surface area contributed by atoms with Gasteiger partial charge in [0.2, 0.25) is 0 Å². The highest BCUT2D eigenvalue weighted by atomic mass is 16.6. The van der Waals surface area contributed by atoms with Crippen molar-refractivity contribution in [2.75, 3.05) is 19.6 Å². The van der Waals surface area contributed by atoms with Gasteiger partial charge in [0.25, 0.3) is 0 Å². The lowest BCUT2D eigenvalue weighted by atomic mass is 10.1. The Labute approximate surface area is 133 Å². The maximum absolute atomic E-state index is 12.3. The van der Waals surface area contributed by atoms with Crippen molar-refractivity contribution >= 4 is 6.09 Å². The topological polar surface area (TPSA) is 32.8 Å². The summed E-state index contributed by atoms with van der Waals surface area (Å²) < 4.78 is 5.52. The number of carbonyl (C=O) groups excluding carboxylic acids is 1. The summed E-state index contributed by atoms with van der Waals surface area (Å²) >= 11 is 0. The molecule has 2 aliphatic rings. The number of rotatable bonds is 2. The number of nitrogens with zero attached hydrogens (tertiary/aromatic N) is 2. The molecule has 1 aromatic carbocycles. The molecule has 2 fully saturated rings. The first-order chi connectivity index (χ1) is 10.4. The van der Waals surface area contributed by atoms with Gasteiger partial charge in [0.05, 0.1) is 0 Å². The molecule has 0 aromatic heterocycles. The van der Waals surface area contributed by atoms with Gasteiger partial charge in [-0.15, -0.1) is 0 Å². The van der Waals surface area contributed by atoms with Crippen LogP contribution in [0, 0.1) is 0 Å². The molecule has 1 heterocycles. The number of hydrogen-bond acceptors (Lipinski definition) is 3. The van der Waals surface area contributed by atoms with Crippen molar-refractivity contribution < 1.29 is 9.53 Å². The minimum Gasteiger partial charge on any atom is -0.444 e.